The summed E-state index contributed by atoms with van der Waals surface area (Å²) in [7, 11) is 0. The zero-order valence-corrected chi connectivity index (χ0v) is 15.3. The maximum Gasteiger partial charge on any atom is 0.144 e. The number of rotatable bonds is 3. The molecule has 0 aliphatic rings. The quantitative estimate of drug-likeness (QED) is 0.345. The molecular formula is C25H18FNO. The monoisotopic (exact) mass is 368 g/mol. The van der Waals surface area contributed by atoms with Crippen LogP contribution in [0.2, 0.25) is 0 Å². The van der Waals surface area contributed by atoms with Crippen LogP contribution in [0.15, 0.2) is 89.5 Å². The highest BCUT2D eigenvalue weighted by Gasteiger charge is 2.15. The molecule has 1 atom stereocenters. The summed E-state index contributed by atoms with van der Waals surface area (Å²) in [6, 6.07) is 23.8. The minimum absolute atomic E-state index is 0.309. The molecule has 0 radical (unpaired) electrons. The molecular weight excluding hydrogens is 349 g/mol. The lowest BCUT2D eigenvalue weighted by Crippen LogP contribution is -1.97. The number of hydrogen-bond donors (Lipinski definition) is 0. The van der Waals surface area contributed by atoms with E-state index in [4.69, 9.17) is 5.79 Å². The third kappa shape index (κ3) is 2.76. The molecule has 0 aliphatic carbocycles. The van der Waals surface area contributed by atoms with Crippen molar-refractivity contribution in [2.24, 2.45) is 0 Å². The highest BCUT2D eigenvalue weighted by molar-refractivity contribution is 6.09. The minimum atomic E-state index is -1.03. The SMILES string of the molecule is [2H]C(C)(c1ccc(F)cc1)c1ccnc(-c2cccc3c2oc2ccccc23)c1. The Balaban J connectivity index is 1.66. The number of aromatic nitrogens is 1. The summed E-state index contributed by atoms with van der Waals surface area (Å²) in [6.07, 6.45) is 1.71. The fourth-order valence-corrected chi connectivity index (χ4v) is 3.63. The zero-order valence-electron chi connectivity index (χ0n) is 16.3. The molecule has 0 fully saturated rings. The van der Waals surface area contributed by atoms with Crippen molar-refractivity contribution in [3.05, 3.63) is 102 Å². The predicted octanol–water partition coefficient (Wildman–Crippen LogP) is 6.94. The average molecular weight is 368 g/mol. The third-order valence-electron chi connectivity index (χ3n) is 5.15. The van der Waals surface area contributed by atoms with Gasteiger partial charge < -0.3 is 4.42 Å². The van der Waals surface area contributed by atoms with Crippen LogP contribution in [0.5, 0.6) is 0 Å². The van der Waals surface area contributed by atoms with Gasteiger partial charge >= 0.3 is 0 Å². The van der Waals surface area contributed by atoms with Crippen LogP contribution in [0, 0.1) is 5.82 Å². The molecule has 2 aromatic heterocycles. The highest BCUT2D eigenvalue weighted by atomic mass is 19.1. The van der Waals surface area contributed by atoms with Gasteiger partial charge in [0.25, 0.3) is 0 Å². The van der Waals surface area contributed by atoms with E-state index in [1.807, 2.05) is 54.6 Å². The number of nitrogens with zero attached hydrogens (tertiary/aromatic N) is 1. The van der Waals surface area contributed by atoms with E-state index in [0.717, 1.165) is 44.3 Å². The Kier molecular flexibility index (Phi) is 3.68. The molecule has 28 heavy (non-hydrogen) atoms. The molecule has 0 N–H and O–H groups in total. The van der Waals surface area contributed by atoms with Gasteiger partial charge in [0.15, 0.2) is 0 Å². The van der Waals surface area contributed by atoms with E-state index in [0.29, 0.717) is 0 Å². The van der Waals surface area contributed by atoms with E-state index in [2.05, 4.69) is 4.98 Å². The van der Waals surface area contributed by atoms with E-state index < -0.39 is 5.89 Å². The summed E-state index contributed by atoms with van der Waals surface area (Å²) >= 11 is 0. The number of fused-ring (bicyclic) bond motifs is 3. The summed E-state index contributed by atoms with van der Waals surface area (Å²) in [5.74, 6) is -1.34. The van der Waals surface area contributed by atoms with Crippen LogP contribution in [0.4, 0.5) is 4.39 Å². The summed E-state index contributed by atoms with van der Waals surface area (Å²) in [6.45, 7) is 1.81. The maximum atomic E-state index is 13.3. The van der Waals surface area contributed by atoms with Crippen LogP contribution in [0.1, 0.15) is 25.3 Å². The van der Waals surface area contributed by atoms with Crippen molar-refractivity contribution in [3.63, 3.8) is 0 Å². The molecule has 0 aliphatic heterocycles. The Labute approximate surface area is 163 Å². The number of para-hydroxylation sites is 2. The first-order valence-electron chi connectivity index (χ1n) is 9.67. The van der Waals surface area contributed by atoms with Crippen LogP contribution >= 0.6 is 0 Å². The number of hydrogen-bond acceptors (Lipinski definition) is 2. The number of benzene rings is 3. The molecule has 136 valence electrons. The van der Waals surface area contributed by atoms with Crippen molar-refractivity contribution >= 4 is 21.9 Å². The summed E-state index contributed by atoms with van der Waals surface area (Å²) in [5.41, 5.74) is 4.75. The zero-order chi connectivity index (χ0) is 20.0. The predicted molar refractivity (Wildman–Crippen MR) is 111 cm³/mol. The Morgan fingerprint density at radius 3 is 2.54 bits per heavy atom. The fraction of sp³-hybridized carbons (Fsp3) is 0.0800. The molecule has 0 saturated heterocycles. The van der Waals surface area contributed by atoms with Gasteiger partial charge in [0.1, 0.15) is 17.0 Å². The Morgan fingerprint density at radius 2 is 1.68 bits per heavy atom. The molecule has 3 heteroatoms. The Bertz CT molecular complexity index is 1340. The normalized spacial score (nSPS) is 14.1. The van der Waals surface area contributed by atoms with Gasteiger partial charge in [-0.05, 0) is 47.5 Å². The van der Waals surface area contributed by atoms with Gasteiger partial charge in [0, 0.05) is 29.8 Å². The first-order chi connectivity index (χ1) is 14.0. The molecule has 5 aromatic rings. The maximum absolute atomic E-state index is 13.3. The van der Waals surface area contributed by atoms with Gasteiger partial charge in [-0.25, -0.2) is 4.39 Å². The molecule has 0 bridgehead atoms. The van der Waals surface area contributed by atoms with Gasteiger partial charge in [-0.3, -0.25) is 4.98 Å². The summed E-state index contributed by atoms with van der Waals surface area (Å²) < 4.78 is 28.4. The second-order valence-electron chi connectivity index (χ2n) is 6.84. The van der Waals surface area contributed by atoms with Gasteiger partial charge in [-0.2, -0.15) is 0 Å². The van der Waals surface area contributed by atoms with Gasteiger partial charge in [-0.15, -0.1) is 0 Å². The second kappa shape index (κ2) is 6.61. The molecule has 5 rings (SSSR count). The van der Waals surface area contributed by atoms with Crippen molar-refractivity contribution in [3.8, 4) is 11.3 Å². The number of pyridine rings is 1. The number of halogens is 1. The van der Waals surface area contributed by atoms with Crippen LogP contribution in [0.25, 0.3) is 33.2 Å². The fourth-order valence-electron chi connectivity index (χ4n) is 3.63. The second-order valence-corrected chi connectivity index (χ2v) is 6.84. The molecule has 2 nitrogen and oxygen atoms in total. The minimum Gasteiger partial charge on any atom is -0.455 e. The molecule has 3 aromatic carbocycles. The first kappa shape index (κ1) is 15.6. The molecule has 0 saturated carbocycles. The summed E-state index contributed by atoms with van der Waals surface area (Å²) in [4.78, 5) is 4.55. The van der Waals surface area contributed by atoms with E-state index in [9.17, 15) is 4.39 Å². The Morgan fingerprint density at radius 1 is 0.893 bits per heavy atom. The van der Waals surface area contributed by atoms with Crippen LogP contribution in [-0.4, -0.2) is 4.98 Å². The van der Waals surface area contributed by atoms with Crippen LogP contribution < -0.4 is 0 Å². The molecule has 0 amide bonds. The lowest BCUT2D eigenvalue weighted by atomic mass is 9.92. The third-order valence-corrected chi connectivity index (χ3v) is 5.15. The molecule has 1 unspecified atom stereocenters. The molecule has 0 spiro atoms. The van der Waals surface area contributed by atoms with Crippen molar-refractivity contribution in [1.82, 2.24) is 4.98 Å². The topological polar surface area (TPSA) is 26.0 Å². The van der Waals surface area contributed by atoms with Crippen molar-refractivity contribution in [1.29, 1.82) is 0 Å². The van der Waals surface area contributed by atoms with Crippen LogP contribution in [0.3, 0.4) is 0 Å². The Hall–Kier alpha value is -3.46. The average Bonchev–Trinajstić information content (AvgIpc) is 3.13. The van der Waals surface area contributed by atoms with Crippen molar-refractivity contribution < 1.29 is 10.2 Å². The smallest absolute Gasteiger partial charge is 0.144 e. The highest BCUT2D eigenvalue weighted by Crippen LogP contribution is 2.36. The number of furan rings is 1. The van der Waals surface area contributed by atoms with E-state index in [1.54, 1.807) is 25.3 Å². The van der Waals surface area contributed by atoms with E-state index >= 15 is 0 Å². The van der Waals surface area contributed by atoms with Gasteiger partial charge in [-0.1, -0.05) is 49.4 Å². The lowest BCUT2D eigenvalue weighted by molar-refractivity contribution is 0.626. The summed E-state index contributed by atoms with van der Waals surface area (Å²) in [5, 5.41) is 2.11. The van der Waals surface area contributed by atoms with Crippen LogP contribution in [-0.2, 0) is 0 Å². The van der Waals surface area contributed by atoms with Crippen molar-refractivity contribution in [2.45, 2.75) is 12.8 Å². The van der Waals surface area contributed by atoms with Crippen molar-refractivity contribution in [2.75, 3.05) is 0 Å². The largest absolute Gasteiger partial charge is 0.455 e. The van der Waals surface area contributed by atoms with E-state index in [-0.39, 0.29) is 5.82 Å². The standard InChI is InChI=1S/C25H18FNO/c1-16(17-9-11-19(26)12-10-17)18-13-14-27-23(15-18)22-7-4-6-21-20-5-2-3-8-24(20)28-25(21)22/h2-16H,1H3/i16D. The first-order valence-corrected chi connectivity index (χ1v) is 9.17. The van der Waals surface area contributed by atoms with Gasteiger partial charge in [0.05, 0.1) is 5.69 Å². The molecule has 2 heterocycles. The lowest BCUT2D eigenvalue weighted by Gasteiger charge is -2.13. The van der Waals surface area contributed by atoms with E-state index in [1.165, 1.54) is 12.1 Å². The van der Waals surface area contributed by atoms with Gasteiger partial charge in [0.2, 0.25) is 0 Å².